The zero-order valence-corrected chi connectivity index (χ0v) is 16.5. The van der Waals surface area contributed by atoms with Gasteiger partial charge in [0.25, 0.3) is 0 Å². The highest BCUT2D eigenvalue weighted by molar-refractivity contribution is 9.10. The van der Waals surface area contributed by atoms with Crippen molar-refractivity contribution in [3.63, 3.8) is 0 Å². The van der Waals surface area contributed by atoms with Gasteiger partial charge in [-0.1, -0.05) is 12.1 Å². The molecule has 0 saturated heterocycles. The second-order valence-corrected chi connectivity index (χ2v) is 6.14. The summed E-state index contributed by atoms with van der Waals surface area (Å²) in [6.45, 7) is 2.43. The van der Waals surface area contributed by atoms with Crippen molar-refractivity contribution in [2.75, 3.05) is 20.8 Å². The van der Waals surface area contributed by atoms with Gasteiger partial charge >= 0.3 is 0 Å². The lowest BCUT2D eigenvalue weighted by Crippen LogP contribution is -2.19. The van der Waals surface area contributed by atoms with E-state index in [2.05, 4.69) is 26.5 Å². The summed E-state index contributed by atoms with van der Waals surface area (Å²) in [7, 11) is 3.17. The van der Waals surface area contributed by atoms with Gasteiger partial charge in [-0.25, -0.2) is 5.43 Å². The first-order valence-electron chi connectivity index (χ1n) is 8.02. The van der Waals surface area contributed by atoms with E-state index in [1.165, 1.54) is 0 Å². The largest absolute Gasteiger partial charge is 0.497 e. The van der Waals surface area contributed by atoms with Gasteiger partial charge in [-0.2, -0.15) is 5.10 Å². The maximum absolute atomic E-state index is 12.0. The summed E-state index contributed by atoms with van der Waals surface area (Å²) in [5.74, 6) is 1.77. The van der Waals surface area contributed by atoms with Crippen LogP contribution in [0.4, 0.5) is 0 Å². The van der Waals surface area contributed by atoms with E-state index in [9.17, 15) is 4.79 Å². The van der Waals surface area contributed by atoms with Crippen LogP contribution in [-0.4, -0.2) is 32.9 Å². The molecule has 0 aliphatic rings. The maximum atomic E-state index is 12.0. The number of hydrogen-bond donors (Lipinski definition) is 1. The van der Waals surface area contributed by atoms with Crippen molar-refractivity contribution < 1.29 is 19.0 Å². The molecule has 6 nitrogen and oxygen atoms in total. The molecule has 138 valence electrons. The van der Waals surface area contributed by atoms with Crippen LogP contribution >= 0.6 is 15.9 Å². The van der Waals surface area contributed by atoms with Gasteiger partial charge in [-0.15, -0.1) is 0 Å². The van der Waals surface area contributed by atoms with E-state index in [4.69, 9.17) is 14.2 Å². The average molecular weight is 421 g/mol. The van der Waals surface area contributed by atoms with Crippen molar-refractivity contribution in [1.29, 1.82) is 0 Å². The normalized spacial score (nSPS) is 10.6. The third kappa shape index (κ3) is 5.49. The molecule has 0 aliphatic heterocycles. The molecule has 7 heteroatoms. The molecule has 1 N–H and O–H groups in total. The third-order valence-corrected chi connectivity index (χ3v) is 4.06. The van der Waals surface area contributed by atoms with Crippen molar-refractivity contribution in [3.05, 3.63) is 52.0 Å². The first-order chi connectivity index (χ1) is 12.6. The van der Waals surface area contributed by atoms with Crippen LogP contribution in [0.5, 0.6) is 17.2 Å². The van der Waals surface area contributed by atoms with Crippen LogP contribution in [0, 0.1) is 0 Å². The van der Waals surface area contributed by atoms with Crippen LogP contribution < -0.4 is 19.6 Å². The first-order valence-corrected chi connectivity index (χ1v) is 8.81. The first kappa shape index (κ1) is 19.8. The van der Waals surface area contributed by atoms with Crippen LogP contribution in [0.3, 0.4) is 0 Å². The Morgan fingerprint density at radius 1 is 1.19 bits per heavy atom. The number of hydrazone groups is 1. The summed E-state index contributed by atoms with van der Waals surface area (Å²) in [5.41, 5.74) is 4.16. The van der Waals surface area contributed by atoms with Crippen LogP contribution in [0.25, 0.3) is 0 Å². The van der Waals surface area contributed by atoms with Crippen molar-refractivity contribution in [2.24, 2.45) is 5.10 Å². The highest BCUT2D eigenvalue weighted by Crippen LogP contribution is 2.36. The predicted molar refractivity (Wildman–Crippen MR) is 104 cm³/mol. The Kier molecular flexibility index (Phi) is 7.47. The summed E-state index contributed by atoms with van der Waals surface area (Å²) in [5, 5.41) is 4.00. The number of amides is 1. The molecular formula is C19H21BrN2O4. The third-order valence-electron chi connectivity index (χ3n) is 3.47. The van der Waals surface area contributed by atoms with E-state index < -0.39 is 0 Å². The molecule has 1 amide bonds. The molecule has 0 unspecified atom stereocenters. The van der Waals surface area contributed by atoms with Crippen molar-refractivity contribution in [1.82, 2.24) is 5.43 Å². The van der Waals surface area contributed by atoms with E-state index >= 15 is 0 Å². The number of hydrogen-bond acceptors (Lipinski definition) is 5. The van der Waals surface area contributed by atoms with Crippen molar-refractivity contribution >= 4 is 28.1 Å². The standard InChI is InChI=1S/C19H21BrN2O4/c1-4-26-19-16(20)9-14(10-17(19)25-3)12-21-22-18(23)11-13-5-7-15(24-2)8-6-13/h5-10,12H,4,11H2,1-3H3,(H,22,23)/b21-12-. The zero-order chi connectivity index (χ0) is 18.9. The van der Waals surface area contributed by atoms with Gasteiger partial charge < -0.3 is 14.2 Å². The smallest absolute Gasteiger partial charge is 0.244 e. The van der Waals surface area contributed by atoms with E-state index in [1.807, 2.05) is 37.3 Å². The van der Waals surface area contributed by atoms with E-state index in [0.29, 0.717) is 18.1 Å². The Hall–Kier alpha value is -2.54. The molecule has 26 heavy (non-hydrogen) atoms. The van der Waals surface area contributed by atoms with E-state index in [1.54, 1.807) is 26.5 Å². The van der Waals surface area contributed by atoms with Crippen LogP contribution in [0.2, 0.25) is 0 Å². The van der Waals surface area contributed by atoms with Crippen molar-refractivity contribution in [3.8, 4) is 17.2 Å². The second kappa shape index (κ2) is 9.82. The molecule has 2 rings (SSSR count). The topological polar surface area (TPSA) is 69.2 Å². The van der Waals surface area contributed by atoms with Gasteiger partial charge in [-0.05, 0) is 58.2 Å². The molecule has 0 aromatic heterocycles. The fraction of sp³-hybridized carbons (Fsp3) is 0.263. The molecule has 0 fully saturated rings. The van der Waals surface area contributed by atoms with Crippen LogP contribution in [-0.2, 0) is 11.2 Å². The molecule has 0 radical (unpaired) electrons. The minimum Gasteiger partial charge on any atom is -0.497 e. The Bertz CT molecular complexity index is 776. The average Bonchev–Trinajstić information content (AvgIpc) is 2.64. The van der Waals surface area contributed by atoms with Gasteiger partial charge in [0, 0.05) is 0 Å². The molecule has 0 spiro atoms. The fourth-order valence-electron chi connectivity index (χ4n) is 2.25. The SMILES string of the molecule is CCOc1c(Br)cc(/C=N\NC(=O)Cc2ccc(OC)cc2)cc1OC. The molecule has 0 bridgehead atoms. The number of benzene rings is 2. The monoisotopic (exact) mass is 420 g/mol. The van der Waals surface area contributed by atoms with E-state index in [-0.39, 0.29) is 12.3 Å². The lowest BCUT2D eigenvalue weighted by Gasteiger charge is -2.11. The summed E-state index contributed by atoms with van der Waals surface area (Å²) >= 11 is 3.45. The Balaban J connectivity index is 1.98. The Labute approximate surface area is 161 Å². The van der Waals surface area contributed by atoms with Gasteiger partial charge in [0.15, 0.2) is 11.5 Å². The minimum absolute atomic E-state index is 0.205. The van der Waals surface area contributed by atoms with Gasteiger partial charge in [-0.3, -0.25) is 4.79 Å². The summed E-state index contributed by atoms with van der Waals surface area (Å²) < 4.78 is 16.7. The number of methoxy groups -OCH3 is 2. The quantitative estimate of drug-likeness (QED) is 0.523. The highest BCUT2D eigenvalue weighted by atomic mass is 79.9. The molecule has 0 atom stereocenters. The number of carbonyl (C=O) groups is 1. The molecule has 0 saturated carbocycles. The molecular weight excluding hydrogens is 400 g/mol. The van der Waals surface area contributed by atoms with Gasteiger partial charge in [0.2, 0.25) is 5.91 Å². The maximum Gasteiger partial charge on any atom is 0.244 e. The Morgan fingerprint density at radius 3 is 2.54 bits per heavy atom. The second-order valence-electron chi connectivity index (χ2n) is 5.29. The van der Waals surface area contributed by atoms with E-state index in [0.717, 1.165) is 21.3 Å². The number of rotatable bonds is 8. The summed E-state index contributed by atoms with van der Waals surface area (Å²) in [4.78, 5) is 12.0. The zero-order valence-electron chi connectivity index (χ0n) is 14.9. The molecule has 2 aromatic carbocycles. The number of nitrogens with zero attached hydrogens (tertiary/aromatic N) is 1. The fourth-order valence-corrected chi connectivity index (χ4v) is 2.82. The molecule has 2 aromatic rings. The molecule has 0 heterocycles. The number of ether oxygens (including phenoxy) is 3. The number of carbonyl (C=O) groups excluding carboxylic acids is 1. The predicted octanol–water partition coefficient (Wildman–Crippen LogP) is 3.56. The lowest BCUT2D eigenvalue weighted by molar-refractivity contribution is -0.120. The summed E-state index contributed by atoms with van der Waals surface area (Å²) in [6.07, 6.45) is 1.78. The minimum atomic E-state index is -0.205. The van der Waals surface area contributed by atoms with Crippen LogP contribution in [0.15, 0.2) is 46.0 Å². The van der Waals surface area contributed by atoms with Crippen molar-refractivity contribution in [2.45, 2.75) is 13.3 Å². The number of halogens is 1. The number of nitrogens with one attached hydrogen (secondary N) is 1. The Morgan fingerprint density at radius 2 is 1.92 bits per heavy atom. The van der Waals surface area contributed by atoms with Gasteiger partial charge in [0.1, 0.15) is 5.75 Å². The molecule has 0 aliphatic carbocycles. The van der Waals surface area contributed by atoms with Gasteiger partial charge in [0.05, 0.1) is 37.9 Å². The highest BCUT2D eigenvalue weighted by Gasteiger charge is 2.10. The van der Waals surface area contributed by atoms with Crippen LogP contribution in [0.1, 0.15) is 18.1 Å². The summed E-state index contributed by atoms with van der Waals surface area (Å²) in [6, 6.07) is 10.9. The lowest BCUT2D eigenvalue weighted by atomic mass is 10.1.